The monoisotopic (exact) mass is 456 g/mol. The summed E-state index contributed by atoms with van der Waals surface area (Å²) in [5.74, 6) is 3.58. The van der Waals surface area contributed by atoms with Crippen LogP contribution in [0, 0.1) is 29.1 Å². The van der Waals surface area contributed by atoms with Crippen molar-refractivity contribution in [2.45, 2.75) is 56.9 Å². The highest BCUT2D eigenvalue weighted by atomic mass is 15.4. The first-order valence-corrected chi connectivity index (χ1v) is 13.7. The van der Waals surface area contributed by atoms with Crippen LogP contribution in [0.4, 0.5) is 0 Å². The summed E-state index contributed by atoms with van der Waals surface area (Å²) in [6.45, 7) is 9.80. The predicted octanol–water partition coefficient (Wildman–Crippen LogP) is 3.98. The molecule has 2 aromatic rings. The van der Waals surface area contributed by atoms with Gasteiger partial charge >= 0.3 is 0 Å². The fourth-order valence-electron chi connectivity index (χ4n) is 8.99. The zero-order valence-electron chi connectivity index (χ0n) is 20.7. The van der Waals surface area contributed by atoms with Crippen LogP contribution in [0.2, 0.25) is 0 Å². The molecular formula is C30H40N4. The van der Waals surface area contributed by atoms with Gasteiger partial charge in [0.2, 0.25) is 0 Å². The van der Waals surface area contributed by atoms with Gasteiger partial charge in [-0.3, -0.25) is 4.90 Å². The second kappa shape index (κ2) is 8.16. The number of hydrogen-bond donors (Lipinski definition) is 3. The number of fused-ring (bicyclic) bond motifs is 5. The van der Waals surface area contributed by atoms with Gasteiger partial charge in [-0.25, -0.2) is 0 Å². The summed E-state index contributed by atoms with van der Waals surface area (Å²) in [7, 11) is 0. The molecule has 180 valence electrons. The van der Waals surface area contributed by atoms with Crippen LogP contribution in [0.15, 0.2) is 60.7 Å². The van der Waals surface area contributed by atoms with Crippen LogP contribution in [0.3, 0.4) is 0 Å². The van der Waals surface area contributed by atoms with Gasteiger partial charge in [0.1, 0.15) is 0 Å². The Hall–Kier alpha value is -1.72. The largest absolute Gasteiger partial charge is 0.316 e. The van der Waals surface area contributed by atoms with Crippen molar-refractivity contribution in [3.63, 3.8) is 0 Å². The lowest BCUT2D eigenvalue weighted by molar-refractivity contribution is -0.121. The summed E-state index contributed by atoms with van der Waals surface area (Å²) in [4.78, 5) is 3.02. The minimum absolute atomic E-state index is 0.346. The van der Waals surface area contributed by atoms with E-state index in [9.17, 15) is 0 Å². The molecule has 4 nitrogen and oxygen atoms in total. The minimum atomic E-state index is 0.346. The van der Waals surface area contributed by atoms with E-state index in [4.69, 9.17) is 0 Å². The Morgan fingerprint density at radius 3 is 2.24 bits per heavy atom. The minimum Gasteiger partial charge on any atom is -0.316 e. The molecule has 0 saturated carbocycles. The predicted molar refractivity (Wildman–Crippen MR) is 137 cm³/mol. The van der Waals surface area contributed by atoms with E-state index in [1.165, 1.54) is 37.1 Å². The van der Waals surface area contributed by atoms with Gasteiger partial charge in [0, 0.05) is 31.2 Å². The van der Waals surface area contributed by atoms with E-state index in [1.54, 1.807) is 0 Å². The third kappa shape index (κ3) is 3.19. The lowest BCUT2D eigenvalue weighted by Crippen LogP contribution is -2.71. The molecule has 0 bridgehead atoms. The topological polar surface area (TPSA) is 39.3 Å². The Morgan fingerprint density at radius 1 is 0.735 bits per heavy atom. The number of nitrogens with zero attached hydrogens (tertiary/aromatic N) is 1. The van der Waals surface area contributed by atoms with E-state index in [2.05, 4.69) is 95.4 Å². The average molecular weight is 457 g/mol. The summed E-state index contributed by atoms with van der Waals surface area (Å²) in [5, 5.41) is 12.0. The van der Waals surface area contributed by atoms with Gasteiger partial charge in [0.25, 0.3) is 0 Å². The molecule has 5 saturated heterocycles. The van der Waals surface area contributed by atoms with Crippen LogP contribution in [0.25, 0.3) is 0 Å². The normalized spacial score (nSPS) is 42.9. The van der Waals surface area contributed by atoms with Crippen LogP contribution < -0.4 is 16.0 Å². The molecule has 0 spiro atoms. The van der Waals surface area contributed by atoms with Crippen LogP contribution in [-0.4, -0.2) is 49.3 Å². The van der Waals surface area contributed by atoms with E-state index < -0.39 is 0 Å². The molecule has 5 heterocycles. The molecule has 9 unspecified atom stereocenters. The summed E-state index contributed by atoms with van der Waals surface area (Å²) in [6, 6.07) is 24.2. The average Bonchev–Trinajstić information content (AvgIpc) is 3.22. The molecule has 0 aromatic heterocycles. The smallest absolute Gasteiger partial charge is 0.0636 e. The Labute approximate surface area is 204 Å². The molecule has 9 atom stereocenters. The van der Waals surface area contributed by atoms with Crippen molar-refractivity contribution in [3.8, 4) is 0 Å². The van der Waals surface area contributed by atoms with Crippen LogP contribution >= 0.6 is 0 Å². The molecule has 4 heteroatoms. The van der Waals surface area contributed by atoms with E-state index in [0.717, 1.165) is 30.8 Å². The highest BCUT2D eigenvalue weighted by Gasteiger charge is 2.64. The van der Waals surface area contributed by atoms with Crippen molar-refractivity contribution in [2.24, 2.45) is 29.1 Å². The van der Waals surface area contributed by atoms with Gasteiger partial charge in [-0.15, -0.1) is 0 Å². The summed E-state index contributed by atoms with van der Waals surface area (Å²) in [5.41, 5.74) is 3.32. The first kappa shape index (κ1) is 21.6. The molecule has 7 rings (SSSR count). The summed E-state index contributed by atoms with van der Waals surface area (Å²) in [6.07, 6.45) is 3.11. The van der Waals surface area contributed by atoms with E-state index in [0.29, 0.717) is 41.5 Å². The van der Waals surface area contributed by atoms with Crippen LogP contribution in [0.1, 0.15) is 49.8 Å². The molecule has 34 heavy (non-hydrogen) atoms. The van der Waals surface area contributed by atoms with E-state index >= 15 is 0 Å². The standard InChI is InChI=1S/C30H40N4/c1-30(2)24-14-26(20-11-7-4-8-12-20)32-18-27(24)34-28-23(16-31-17-25(28)30)22-13-21(15-33-29(22)34)19-9-5-3-6-10-19/h3-12,21-29,31-33H,13-18H2,1-2H3. The molecule has 2 aromatic carbocycles. The second-order valence-electron chi connectivity index (χ2n) is 12.3. The third-order valence-electron chi connectivity index (χ3n) is 10.6. The molecule has 0 radical (unpaired) electrons. The number of rotatable bonds is 2. The molecule has 0 aliphatic carbocycles. The zero-order chi connectivity index (χ0) is 22.9. The molecule has 5 aliphatic rings. The zero-order valence-corrected chi connectivity index (χ0v) is 20.7. The maximum absolute atomic E-state index is 4.12. The third-order valence-corrected chi connectivity index (χ3v) is 10.6. The van der Waals surface area contributed by atoms with Gasteiger partial charge in [0.15, 0.2) is 0 Å². The molecule has 5 fully saturated rings. The van der Waals surface area contributed by atoms with Crippen LogP contribution in [-0.2, 0) is 0 Å². The van der Waals surface area contributed by atoms with Crippen molar-refractivity contribution in [2.75, 3.05) is 26.2 Å². The van der Waals surface area contributed by atoms with E-state index in [-0.39, 0.29) is 0 Å². The summed E-state index contributed by atoms with van der Waals surface area (Å²) >= 11 is 0. The molecule has 5 aliphatic heterocycles. The van der Waals surface area contributed by atoms with Crippen molar-refractivity contribution in [3.05, 3.63) is 71.8 Å². The number of benzene rings is 2. The fourth-order valence-corrected chi connectivity index (χ4v) is 8.99. The van der Waals surface area contributed by atoms with Gasteiger partial charge in [-0.2, -0.15) is 0 Å². The van der Waals surface area contributed by atoms with Gasteiger partial charge in [-0.1, -0.05) is 74.5 Å². The number of piperidine rings is 4. The fraction of sp³-hybridized carbons (Fsp3) is 0.600. The highest BCUT2D eigenvalue weighted by molar-refractivity contribution is 5.25. The maximum atomic E-state index is 4.12. The Kier molecular flexibility index (Phi) is 5.17. The van der Waals surface area contributed by atoms with Crippen molar-refractivity contribution in [1.82, 2.24) is 20.9 Å². The van der Waals surface area contributed by atoms with E-state index in [1.807, 2.05) is 0 Å². The Morgan fingerprint density at radius 2 is 1.47 bits per heavy atom. The van der Waals surface area contributed by atoms with Crippen molar-refractivity contribution in [1.29, 1.82) is 0 Å². The Bertz CT molecular complexity index is 1010. The first-order chi connectivity index (χ1) is 16.6. The Balaban J connectivity index is 1.21. The maximum Gasteiger partial charge on any atom is 0.0636 e. The SMILES string of the molecule is CC1(C)C2CC(c3ccccc3)NCC2N2C3NCC(c4ccccc4)CC3C3CNCC1C32. The van der Waals surface area contributed by atoms with Crippen LogP contribution in [0.5, 0.6) is 0 Å². The highest BCUT2D eigenvalue weighted by Crippen LogP contribution is 2.59. The first-order valence-electron chi connectivity index (χ1n) is 13.7. The number of nitrogens with one attached hydrogen (secondary N) is 3. The molecular weight excluding hydrogens is 416 g/mol. The van der Waals surface area contributed by atoms with Crippen molar-refractivity contribution >= 4 is 0 Å². The van der Waals surface area contributed by atoms with Gasteiger partial charge in [0.05, 0.1) is 6.17 Å². The lowest BCUT2D eigenvalue weighted by atomic mass is 9.56. The second-order valence-corrected chi connectivity index (χ2v) is 12.3. The molecule has 0 amide bonds. The van der Waals surface area contributed by atoms with Gasteiger partial charge in [-0.05, 0) is 72.1 Å². The summed E-state index contributed by atoms with van der Waals surface area (Å²) < 4.78 is 0. The van der Waals surface area contributed by atoms with Gasteiger partial charge < -0.3 is 16.0 Å². The molecule has 3 N–H and O–H groups in total. The quantitative estimate of drug-likeness (QED) is 0.639. The van der Waals surface area contributed by atoms with Crippen molar-refractivity contribution < 1.29 is 0 Å². The lowest BCUT2D eigenvalue weighted by Gasteiger charge is -2.62. The number of hydrogen-bond acceptors (Lipinski definition) is 4.